The number of aromatic nitrogens is 3. The van der Waals surface area contributed by atoms with Crippen LogP contribution in [-0.4, -0.2) is 20.7 Å². The van der Waals surface area contributed by atoms with Crippen LogP contribution in [0.4, 0.5) is 0 Å². The number of benzene rings is 1. The molecule has 0 aliphatic rings. The monoisotopic (exact) mass is 419 g/mol. The van der Waals surface area contributed by atoms with Gasteiger partial charge in [-0.1, -0.05) is 11.2 Å². The number of halogens is 1. The Morgan fingerprint density at radius 1 is 1.39 bits per heavy atom. The largest absolute Gasteiger partial charge is 0.364 e. The molecule has 8 nitrogen and oxygen atoms in total. The average Bonchev–Trinajstić information content (AvgIpc) is 2.92. The molecule has 2 aromatic heterocycles. The van der Waals surface area contributed by atoms with Gasteiger partial charge in [-0.2, -0.15) is 5.10 Å². The van der Waals surface area contributed by atoms with Gasteiger partial charge >= 0.3 is 0 Å². The molecule has 0 unspecified atom stereocenters. The minimum atomic E-state index is -0.625. The smallest absolute Gasteiger partial charge is 0.269 e. The summed E-state index contributed by atoms with van der Waals surface area (Å²) >= 11 is 2.18. The van der Waals surface area contributed by atoms with Crippen LogP contribution in [0.2, 0.25) is 0 Å². The SMILES string of the molecule is [N-]=[N+]=NCc1ccc2c(c1)c(C(N)=O)nn2-c1cc(I)ccn1. The van der Waals surface area contributed by atoms with Crippen LogP contribution in [0.3, 0.4) is 0 Å². The maximum atomic E-state index is 11.7. The van der Waals surface area contributed by atoms with E-state index in [9.17, 15) is 4.79 Å². The normalized spacial score (nSPS) is 10.5. The second-order valence-electron chi connectivity index (χ2n) is 4.70. The van der Waals surface area contributed by atoms with E-state index < -0.39 is 5.91 Å². The average molecular weight is 419 g/mol. The number of carbonyl (C=O) groups is 1. The van der Waals surface area contributed by atoms with Crippen molar-refractivity contribution in [2.75, 3.05) is 0 Å². The van der Waals surface area contributed by atoms with Crippen molar-refractivity contribution in [3.63, 3.8) is 0 Å². The Morgan fingerprint density at radius 2 is 2.22 bits per heavy atom. The van der Waals surface area contributed by atoms with Crippen molar-refractivity contribution in [1.82, 2.24) is 14.8 Å². The number of rotatable bonds is 4. The first-order valence-corrected chi connectivity index (χ1v) is 7.62. The quantitative estimate of drug-likeness (QED) is 0.303. The first-order chi connectivity index (χ1) is 11.1. The Balaban J connectivity index is 2.24. The van der Waals surface area contributed by atoms with Crippen LogP contribution >= 0.6 is 22.6 Å². The molecule has 1 aromatic carbocycles. The van der Waals surface area contributed by atoms with Gasteiger partial charge in [-0.15, -0.1) is 0 Å². The van der Waals surface area contributed by atoms with Crippen LogP contribution in [0.25, 0.3) is 27.2 Å². The number of carbonyl (C=O) groups excluding carboxylic acids is 1. The molecular formula is C14H10IN7O. The molecule has 0 aliphatic carbocycles. The van der Waals surface area contributed by atoms with Gasteiger partial charge in [0.2, 0.25) is 0 Å². The van der Waals surface area contributed by atoms with Crippen molar-refractivity contribution < 1.29 is 4.79 Å². The van der Waals surface area contributed by atoms with Gasteiger partial charge in [-0.05, 0) is 58.0 Å². The zero-order valence-corrected chi connectivity index (χ0v) is 13.9. The van der Waals surface area contributed by atoms with Crippen molar-refractivity contribution in [2.45, 2.75) is 6.54 Å². The van der Waals surface area contributed by atoms with Crippen LogP contribution in [-0.2, 0) is 6.54 Å². The minimum Gasteiger partial charge on any atom is -0.364 e. The highest BCUT2D eigenvalue weighted by atomic mass is 127. The number of primary amides is 1. The molecule has 0 saturated carbocycles. The minimum absolute atomic E-state index is 0.156. The van der Waals surface area contributed by atoms with E-state index in [1.165, 1.54) is 0 Å². The summed E-state index contributed by atoms with van der Waals surface area (Å²) in [5, 5.41) is 8.42. The molecule has 0 saturated heterocycles. The molecule has 23 heavy (non-hydrogen) atoms. The molecule has 0 bridgehead atoms. The summed E-state index contributed by atoms with van der Waals surface area (Å²) in [7, 11) is 0. The molecule has 0 fully saturated rings. The van der Waals surface area contributed by atoms with Crippen molar-refractivity contribution >= 4 is 39.4 Å². The molecule has 0 atom stereocenters. The molecule has 0 radical (unpaired) electrons. The molecule has 3 rings (SSSR count). The molecule has 0 aliphatic heterocycles. The number of azide groups is 1. The summed E-state index contributed by atoms with van der Waals surface area (Å²) in [6, 6.07) is 9.09. The Hall–Kier alpha value is -2.65. The Morgan fingerprint density at radius 3 is 2.91 bits per heavy atom. The summed E-state index contributed by atoms with van der Waals surface area (Å²) in [5.41, 5.74) is 15.5. The van der Waals surface area contributed by atoms with Crippen LogP contribution in [0.1, 0.15) is 16.1 Å². The fraction of sp³-hybridized carbons (Fsp3) is 0.0714. The number of amides is 1. The lowest BCUT2D eigenvalue weighted by atomic mass is 10.1. The van der Waals surface area contributed by atoms with E-state index in [0.29, 0.717) is 16.7 Å². The second-order valence-corrected chi connectivity index (χ2v) is 5.94. The molecule has 1 amide bonds. The number of nitrogens with zero attached hydrogens (tertiary/aromatic N) is 6. The third kappa shape index (κ3) is 2.96. The van der Waals surface area contributed by atoms with Crippen molar-refractivity contribution in [3.05, 3.63) is 61.8 Å². The van der Waals surface area contributed by atoms with Crippen LogP contribution in [0.15, 0.2) is 41.6 Å². The van der Waals surface area contributed by atoms with Gasteiger partial charge in [0.1, 0.15) is 0 Å². The van der Waals surface area contributed by atoms with Gasteiger partial charge in [-0.25, -0.2) is 9.67 Å². The highest BCUT2D eigenvalue weighted by molar-refractivity contribution is 14.1. The summed E-state index contributed by atoms with van der Waals surface area (Å²) in [6.07, 6.45) is 1.67. The van der Waals surface area contributed by atoms with Gasteiger partial charge in [0.05, 0.1) is 12.1 Å². The van der Waals surface area contributed by atoms with Crippen LogP contribution in [0, 0.1) is 3.57 Å². The van der Waals surface area contributed by atoms with Gasteiger partial charge in [0, 0.05) is 20.1 Å². The van der Waals surface area contributed by atoms with Crippen molar-refractivity contribution in [2.24, 2.45) is 10.8 Å². The number of hydrogen-bond acceptors (Lipinski definition) is 4. The van der Waals surface area contributed by atoms with Gasteiger partial charge in [-0.3, -0.25) is 4.79 Å². The lowest BCUT2D eigenvalue weighted by molar-refractivity contribution is 0.0996. The lowest BCUT2D eigenvalue weighted by Crippen LogP contribution is -2.12. The molecular weight excluding hydrogens is 409 g/mol. The summed E-state index contributed by atoms with van der Waals surface area (Å²) in [5.74, 6) is -0.0301. The number of hydrogen-bond donors (Lipinski definition) is 1. The number of nitrogens with two attached hydrogens (primary N) is 1. The van der Waals surface area contributed by atoms with E-state index in [0.717, 1.165) is 9.13 Å². The van der Waals surface area contributed by atoms with Crippen molar-refractivity contribution in [1.29, 1.82) is 0 Å². The van der Waals surface area contributed by atoms with Gasteiger partial charge in [0.15, 0.2) is 11.5 Å². The van der Waals surface area contributed by atoms with Gasteiger partial charge in [0.25, 0.3) is 5.91 Å². The fourth-order valence-corrected chi connectivity index (χ4v) is 2.68. The highest BCUT2D eigenvalue weighted by Crippen LogP contribution is 2.23. The van der Waals surface area contributed by atoms with E-state index in [4.69, 9.17) is 11.3 Å². The lowest BCUT2D eigenvalue weighted by Gasteiger charge is -2.03. The predicted octanol–water partition coefficient (Wildman–Crippen LogP) is 2.93. The Bertz CT molecular complexity index is 959. The first kappa shape index (κ1) is 15.3. The van der Waals surface area contributed by atoms with E-state index in [2.05, 4.69) is 42.7 Å². The van der Waals surface area contributed by atoms with E-state index >= 15 is 0 Å². The Kier molecular flexibility index (Phi) is 4.13. The number of fused-ring (bicyclic) bond motifs is 1. The van der Waals surface area contributed by atoms with E-state index in [1.54, 1.807) is 23.0 Å². The standard InChI is InChI=1S/C14H10IN7O/c15-9-3-4-18-12(6-9)22-11-2-1-8(7-19-21-17)5-10(11)13(20-22)14(16)23/h1-6H,7H2,(H2,16,23). The third-order valence-electron chi connectivity index (χ3n) is 3.22. The topological polar surface area (TPSA) is 123 Å². The molecule has 2 heterocycles. The summed E-state index contributed by atoms with van der Waals surface area (Å²) in [4.78, 5) is 18.7. The maximum absolute atomic E-state index is 11.7. The summed E-state index contributed by atoms with van der Waals surface area (Å²) in [6.45, 7) is 0.192. The molecule has 3 aromatic rings. The summed E-state index contributed by atoms with van der Waals surface area (Å²) < 4.78 is 2.58. The maximum Gasteiger partial charge on any atom is 0.269 e. The van der Waals surface area contributed by atoms with Gasteiger partial charge < -0.3 is 5.73 Å². The molecule has 0 spiro atoms. The first-order valence-electron chi connectivity index (χ1n) is 6.54. The van der Waals surface area contributed by atoms with E-state index in [-0.39, 0.29) is 12.2 Å². The van der Waals surface area contributed by atoms with Crippen LogP contribution in [0.5, 0.6) is 0 Å². The van der Waals surface area contributed by atoms with Crippen LogP contribution < -0.4 is 5.73 Å². The zero-order valence-electron chi connectivity index (χ0n) is 11.7. The zero-order chi connectivity index (χ0) is 16.4. The predicted molar refractivity (Wildman–Crippen MR) is 92.9 cm³/mol. The third-order valence-corrected chi connectivity index (χ3v) is 3.89. The number of pyridine rings is 1. The fourth-order valence-electron chi connectivity index (χ4n) is 2.24. The second kappa shape index (κ2) is 6.23. The molecule has 9 heteroatoms. The highest BCUT2D eigenvalue weighted by Gasteiger charge is 2.17. The Labute approximate surface area is 144 Å². The van der Waals surface area contributed by atoms with Crippen molar-refractivity contribution in [3.8, 4) is 5.82 Å². The van der Waals surface area contributed by atoms with E-state index in [1.807, 2.05) is 18.2 Å². The molecule has 2 N–H and O–H groups in total. The molecule has 114 valence electrons.